The minimum absolute atomic E-state index is 0.0373. The van der Waals surface area contributed by atoms with Gasteiger partial charge in [-0.3, -0.25) is 4.79 Å². The summed E-state index contributed by atoms with van der Waals surface area (Å²) in [6, 6.07) is 3.62. The summed E-state index contributed by atoms with van der Waals surface area (Å²) in [6.45, 7) is 5.37. The normalized spacial score (nSPS) is 11.8. The molecule has 1 N–H and O–H groups in total. The summed E-state index contributed by atoms with van der Waals surface area (Å²) < 4.78 is 26.0. The van der Waals surface area contributed by atoms with E-state index in [1.807, 2.05) is 19.1 Å². The van der Waals surface area contributed by atoms with Gasteiger partial charge >= 0.3 is 5.97 Å². The first-order valence-electron chi connectivity index (χ1n) is 5.92. The van der Waals surface area contributed by atoms with Crippen LogP contribution >= 0.6 is 0 Å². The van der Waals surface area contributed by atoms with Crippen LogP contribution in [0.1, 0.15) is 23.1 Å². The summed E-state index contributed by atoms with van der Waals surface area (Å²) in [7, 11) is -2.24. The van der Waals surface area contributed by atoms with Crippen LogP contribution in [0.5, 0.6) is 0 Å². The molecule has 19 heavy (non-hydrogen) atoms. The molecule has 0 aliphatic rings. The molecule has 0 saturated carbocycles. The molecule has 1 aromatic rings. The van der Waals surface area contributed by atoms with E-state index in [0.29, 0.717) is 11.1 Å². The van der Waals surface area contributed by atoms with Gasteiger partial charge in [-0.2, -0.15) is 0 Å². The van der Waals surface area contributed by atoms with Crippen molar-refractivity contribution in [3.8, 4) is 0 Å². The minimum Gasteiger partial charge on any atom is -0.481 e. The van der Waals surface area contributed by atoms with Gasteiger partial charge < -0.3 is 5.11 Å². The van der Waals surface area contributed by atoms with Gasteiger partial charge in [-0.1, -0.05) is 17.7 Å². The van der Waals surface area contributed by atoms with E-state index in [9.17, 15) is 13.2 Å². The van der Waals surface area contributed by atoms with Crippen molar-refractivity contribution in [3.05, 3.63) is 28.8 Å². The molecule has 1 rings (SSSR count). The van der Waals surface area contributed by atoms with Crippen LogP contribution in [0.2, 0.25) is 0 Å². The molecule has 6 heteroatoms. The number of hydrogen-bond donors (Lipinski definition) is 1. The van der Waals surface area contributed by atoms with Crippen LogP contribution < -0.4 is 0 Å². The van der Waals surface area contributed by atoms with Gasteiger partial charge in [0.05, 0.1) is 11.3 Å². The van der Waals surface area contributed by atoms with Gasteiger partial charge in [0.15, 0.2) is 0 Å². The van der Waals surface area contributed by atoms with Crippen LogP contribution in [0.15, 0.2) is 17.0 Å². The maximum Gasteiger partial charge on any atom is 0.304 e. The molecule has 0 spiro atoms. The molecule has 5 nitrogen and oxygen atoms in total. The number of aryl methyl sites for hydroxylation is 3. The molecule has 0 atom stereocenters. The van der Waals surface area contributed by atoms with Crippen LogP contribution in [0.25, 0.3) is 0 Å². The Hall–Kier alpha value is -1.40. The van der Waals surface area contributed by atoms with Crippen molar-refractivity contribution in [2.75, 3.05) is 13.6 Å². The topological polar surface area (TPSA) is 74.7 Å². The second-order valence-electron chi connectivity index (χ2n) is 4.70. The van der Waals surface area contributed by atoms with Crippen molar-refractivity contribution in [2.24, 2.45) is 0 Å². The molecular formula is C13H19NO4S. The van der Waals surface area contributed by atoms with E-state index in [0.717, 1.165) is 9.87 Å². The van der Waals surface area contributed by atoms with Gasteiger partial charge in [0.1, 0.15) is 0 Å². The highest BCUT2D eigenvalue weighted by Crippen LogP contribution is 2.24. The van der Waals surface area contributed by atoms with Crippen molar-refractivity contribution < 1.29 is 18.3 Å². The van der Waals surface area contributed by atoms with Gasteiger partial charge in [-0.25, -0.2) is 12.7 Å². The summed E-state index contributed by atoms with van der Waals surface area (Å²) in [5.74, 6) is -1.01. The Balaban J connectivity index is 3.17. The molecule has 106 valence electrons. The van der Waals surface area contributed by atoms with Crippen molar-refractivity contribution in [2.45, 2.75) is 32.1 Å². The standard InChI is InChI=1S/C13H19NO4S/c1-9-7-10(2)13(11(3)8-9)19(17,18)14(4)6-5-12(15)16/h7-8H,5-6H2,1-4H3,(H,15,16). The Labute approximate surface area is 113 Å². The Morgan fingerprint density at radius 3 is 2.11 bits per heavy atom. The van der Waals surface area contributed by atoms with Crippen molar-refractivity contribution >= 4 is 16.0 Å². The van der Waals surface area contributed by atoms with Gasteiger partial charge in [0.2, 0.25) is 10.0 Å². The molecule has 0 aliphatic carbocycles. The third-order valence-corrected chi connectivity index (χ3v) is 5.08. The summed E-state index contributed by atoms with van der Waals surface area (Å²) in [4.78, 5) is 10.8. The average molecular weight is 285 g/mol. The zero-order chi connectivity index (χ0) is 14.8. The fourth-order valence-electron chi connectivity index (χ4n) is 2.10. The summed E-state index contributed by atoms with van der Waals surface area (Å²) >= 11 is 0. The molecule has 0 heterocycles. The third-order valence-electron chi connectivity index (χ3n) is 2.91. The molecule has 0 saturated heterocycles. The van der Waals surface area contributed by atoms with Crippen LogP contribution in [-0.4, -0.2) is 37.4 Å². The number of aliphatic carboxylic acids is 1. The zero-order valence-electron chi connectivity index (χ0n) is 11.6. The number of carboxylic acids is 1. The second-order valence-corrected chi connectivity index (χ2v) is 6.68. The Morgan fingerprint density at radius 1 is 1.21 bits per heavy atom. The number of nitrogens with zero attached hydrogens (tertiary/aromatic N) is 1. The highest BCUT2D eigenvalue weighted by atomic mass is 32.2. The number of hydrogen-bond acceptors (Lipinski definition) is 3. The summed E-state index contributed by atoms with van der Waals surface area (Å²) in [5.41, 5.74) is 2.36. The second kappa shape index (κ2) is 5.71. The monoisotopic (exact) mass is 285 g/mol. The lowest BCUT2D eigenvalue weighted by molar-refractivity contribution is -0.137. The fourth-order valence-corrected chi connectivity index (χ4v) is 3.68. The highest BCUT2D eigenvalue weighted by molar-refractivity contribution is 7.89. The number of sulfonamides is 1. The quantitative estimate of drug-likeness (QED) is 0.893. The summed E-state index contributed by atoms with van der Waals surface area (Å²) in [6.07, 6.45) is -0.209. The highest BCUT2D eigenvalue weighted by Gasteiger charge is 2.25. The first-order chi connectivity index (χ1) is 8.66. The Bertz CT molecular complexity index is 570. The molecule has 0 amide bonds. The van der Waals surface area contributed by atoms with Gasteiger partial charge in [-0.15, -0.1) is 0 Å². The maximum atomic E-state index is 12.4. The van der Waals surface area contributed by atoms with Crippen LogP contribution in [0.3, 0.4) is 0 Å². The van der Waals surface area contributed by atoms with Crippen molar-refractivity contribution in [1.82, 2.24) is 4.31 Å². The van der Waals surface area contributed by atoms with Gasteiger partial charge in [-0.05, 0) is 31.9 Å². The Morgan fingerprint density at radius 2 is 1.68 bits per heavy atom. The van der Waals surface area contributed by atoms with E-state index >= 15 is 0 Å². The molecule has 0 aromatic heterocycles. The van der Waals surface area contributed by atoms with Crippen molar-refractivity contribution in [3.63, 3.8) is 0 Å². The Kier molecular flexibility index (Phi) is 4.70. The van der Waals surface area contributed by atoms with E-state index in [-0.39, 0.29) is 17.9 Å². The van der Waals surface area contributed by atoms with E-state index in [1.54, 1.807) is 13.8 Å². The van der Waals surface area contributed by atoms with E-state index in [2.05, 4.69) is 0 Å². The van der Waals surface area contributed by atoms with Crippen LogP contribution in [0.4, 0.5) is 0 Å². The number of benzene rings is 1. The largest absolute Gasteiger partial charge is 0.481 e. The molecule has 0 unspecified atom stereocenters. The van der Waals surface area contributed by atoms with Crippen LogP contribution in [0, 0.1) is 20.8 Å². The molecule has 0 bridgehead atoms. The number of rotatable bonds is 5. The van der Waals surface area contributed by atoms with E-state index in [4.69, 9.17) is 5.11 Å². The lowest BCUT2D eigenvalue weighted by Gasteiger charge is -2.19. The molecular weight excluding hydrogens is 266 g/mol. The molecule has 0 aliphatic heterocycles. The zero-order valence-corrected chi connectivity index (χ0v) is 12.4. The average Bonchev–Trinajstić information content (AvgIpc) is 2.23. The minimum atomic E-state index is -3.64. The van der Waals surface area contributed by atoms with E-state index in [1.165, 1.54) is 7.05 Å². The first kappa shape index (κ1) is 15.7. The SMILES string of the molecule is Cc1cc(C)c(S(=O)(=O)N(C)CCC(=O)O)c(C)c1. The predicted molar refractivity (Wildman–Crippen MR) is 72.7 cm³/mol. The lowest BCUT2D eigenvalue weighted by Crippen LogP contribution is -2.30. The number of carboxylic acid groups (broad SMARTS) is 1. The first-order valence-corrected chi connectivity index (χ1v) is 7.36. The van der Waals surface area contributed by atoms with Gasteiger partial charge in [0.25, 0.3) is 0 Å². The number of carbonyl (C=O) groups is 1. The van der Waals surface area contributed by atoms with Gasteiger partial charge in [0, 0.05) is 13.6 Å². The van der Waals surface area contributed by atoms with Crippen molar-refractivity contribution in [1.29, 1.82) is 0 Å². The fraction of sp³-hybridized carbons (Fsp3) is 0.462. The smallest absolute Gasteiger partial charge is 0.304 e. The summed E-state index contributed by atoms with van der Waals surface area (Å²) in [5, 5.41) is 8.62. The third kappa shape index (κ3) is 3.54. The maximum absolute atomic E-state index is 12.4. The molecule has 0 fully saturated rings. The molecule has 0 radical (unpaired) electrons. The predicted octanol–water partition coefficient (Wildman–Crippen LogP) is 1.71. The lowest BCUT2D eigenvalue weighted by atomic mass is 10.1. The van der Waals surface area contributed by atoms with Crippen LogP contribution in [-0.2, 0) is 14.8 Å². The molecule has 1 aromatic carbocycles. The van der Waals surface area contributed by atoms with E-state index < -0.39 is 16.0 Å².